The van der Waals surface area contributed by atoms with Crippen LogP contribution in [-0.2, 0) is 12.8 Å². The number of benzene rings is 2. The van der Waals surface area contributed by atoms with Gasteiger partial charge in [0.05, 0.1) is 11.4 Å². The lowest BCUT2D eigenvalue weighted by Crippen LogP contribution is -2.10. The summed E-state index contributed by atoms with van der Waals surface area (Å²) in [5.41, 5.74) is 6.07. The number of H-pyrrole nitrogens is 1. The van der Waals surface area contributed by atoms with Crippen LogP contribution in [0.1, 0.15) is 50.7 Å². The second-order valence-corrected chi connectivity index (χ2v) is 8.47. The van der Waals surface area contributed by atoms with Gasteiger partial charge in [-0.25, -0.2) is 5.10 Å². The monoisotopic (exact) mass is 474 g/mol. The normalized spacial score (nSPS) is 10.4. The molecule has 0 unspecified atom stereocenters. The van der Waals surface area contributed by atoms with E-state index in [9.17, 15) is 4.79 Å². The summed E-state index contributed by atoms with van der Waals surface area (Å²) < 4.78 is 0. The Labute approximate surface area is 206 Å². The van der Waals surface area contributed by atoms with Gasteiger partial charge in [-0.1, -0.05) is 99.0 Å². The lowest BCUT2D eigenvalue weighted by molar-refractivity contribution is 0.786. The van der Waals surface area contributed by atoms with Gasteiger partial charge < -0.3 is 0 Å². The summed E-state index contributed by atoms with van der Waals surface area (Å²) >= 11 is 5.91. The maximum atomic E-state index is 11.3. The highest BCUT2D eigenvalue weighted by Gasteiger charge is 2.08. The number of nitrogens with one attached hydrogen (secondary N) is 1. The van der Waals surface area contributed by atoms with E-state index in [1.165, 1.54) is 5.56 Å². The predicted octanol–water partition coefficient (Wildman–Crippen LogP) is 6.92. The summed E-state index contributed by atoms with van der Waals surface area (Å²) in [6.07, 6.45) is 6.38. The average Bonchev–Trinajstić information content (AvgIpc) is 2.88. The van der Waals surface area contributed by atoms with Crippen LogP contribution in [0.4, 0.5) is 0 Å². The van der Waals surface area contributed by atoms with Crippen molar-refractivity contribution in [3.05, 3.63) is 99.4 Å². The van der Waals surface area contributed by atoms with E-state index in [0.717, 1.165) is 66.6 Å². The summed E-state index contributed by atoms with van der Waals surface area (Å²) in [7, 11) is 0. The van der Waals surface area contributed by atoms with Gasteiger partial charge >= 0.3 is 0 Å². The molecule has 2 aromatic carbocycles. The fourth-order valence-corrected chi connectivity index (χ4v) is 3.81. The summed E-state index contributed by atoms with van der Waals surface area (Å²) in [5, 5.41) is 15.3. The van der Waals surface area contributed by atoms with Crippen LogP contribution < -0.4 is 5.56 Å². The largest absolute Gasteiger partial charge is 0.268 e. The highest BCUT2D eigenvalue weighted by atomic mass is 35.5. The molecule has 2 heterocycles. The van der Waals surface area contributed by atoms with Crippen molar-refractivity contribution in [1.82, 2.24) is 20.4 Å². The molecule has 6 heteroatoms. The van der Waals surface area contributed by atoms with Gasteiger partial charge in [-0.05, 0) is 42.9 Å². The number of halogens is 1. The highest BCUT2D eigenvalue weighted by molar-refractivity contribution is 6.29. The third-order valence-corrected chi connectivity index (χ3v) is 5.61. The molecule has 0 atom stereocenters. The Kier molecular flexibility index (Phi) is 9.98. The number of nitrogens with zero attached hydrogens (tertiary/aromatic N) is 3. The SMILES string of the molecule is CCCCc1cc(=O)[nH]nc1-c1ccccc1.CCCCc1cc(Cl)nnc1-c1ccccc1. The van der Waals surface area contributed by atoms with E-state index in [4.69, 9.17) is 11.6 Å². The number of hydrogen-bond donors (Lipinski definition) is 1. The summed E-state index contributed by atoms with van der Waals surface area (Å²) in [6, 6.07) is 23.6. The van der Waals surface area contributed by atoms with Crippen molar-refractivity contribution in [2.75, 3.05) is 0 Å². The van der Waals surface area contributed by atoms with E-state index in [1.807, 2.05) is 66.7 Å². The molecule has 5 nitrogen and oxygen atoms in total. The van der Waals surface area contributed by atoms with Gasteiger partial charge in [0, 0.05) is 17.2 Å². The fraction of sp³-hybridized carbons (Fsp3) is 0.286. The van der Waals surface area contributed by atoms with Crippen LogP contribution in [0.25, 0.3) is 22.5 Å². The quantitative estimate of drug-likeness (QED) is 0.301. The Hall–Kier alpha value is -3.31. The number of unbranched alkanes of at least 4 members (excludes halogenated alkanes) is 2. The van der Waals surface area contributed by atoms with E-state index in [1.54, 1.807) is 6.07 Å². The van der Waals surface area contributed by atoms with Crippen LogP contribution in [0.15, 0.2) is 77.6 Å². The lowest BCUT2D eigenvalue weighted by atomic mass is 10.0. The topological polar surface area (TPSA) is 71.5 Å². The van der Waals surface area contributed by atoms with Gasteiger partial charge in [-0.15, -0.1) is 10.2 Å². The first-order chi connectivity index (χ1) is 16.6. The zero-order valence-electron chi connectivity index (χ0n) is 19.8. The molecule has 0 aliphatic heterocycles. The molecule has 176 valence electrons. The summed E-state index contributed by atoms with van der Waals surface area (Å²) in [5.74, 6) is 0. The molecule has 34 heavy (non-hydrogen) atoms. The molecule has 0 fully saturated rings. The van der Waals surface area contributed by atoms with Gasteiger partial charge in [-0.2, -0.15) is 5.10 Å². The molecule has 0 radical (unpaired) electrons. The Balaban J connectivity index is 0.000000191. The third-order valence-electron chi connectivity index (χ3n) is 5.42. The smallest absolute Gasteiger partial charge is 0.264 e. The molecule has 4 aromatic rings. The molecule has 0 amide bonds. The van der Waals surface area contributed by atoms with Crippen molar-refractivity contribution >= 4 is 11.6 Å². The van der Waals surface area contributed by atoms with Crippen LogP contribution in [0.5, 0.6) is 0 Å². The van der Waals surface area contributed by atoms with Crippen molar-refractivity contribution in [3.8, 4) is 22.5 Å². The molecular formula is C28H31ClN4O. The van der Waals surface area contributed by atoms with E-state index >= 15 is 0 Å². The Morgan fingerprint density at radius 2 is 1.26 bits per heavy atom. The van der Waals surface area contributed by atoms with Crippen molar-refractivity contribution in [1.29, 1.82) is 0 Å². The standard InChI is InChI=1S/C14H15ClN2.C14H16N2O/c1-2-3-7-12-10-13(15)16-17-14(12)11-8-5-4-6-9-11;1-2-3-7-12-10-13(17)15-16-14(12)11-8-5-4-6-9-11/h4-6,8-10H,2-3,7H2,1H3;4-6,8-10H,2-3,7H2,1H3,(H,15,17). The summed E-state index contributed by atoms with van der Waals surface area (Å²) in [6.45, 7) is 4.32. The van der Waals surface area contributed by atoms with E-state index < -0.39 is 0 Å². The number of aromatic nitrogens is 4. The van der Waals surface area contributed by atoms with Crippen LogP contribution in [0.3, 0.4) is 0 Å². The van der Waals surface area contributed by atoms with Crippen molar-refractivity contribution in [3.63, 3.8) is 0 Å². The second kappa shape index (κ2) is 13.4. The number of aryl methyl sites for hydroxylation is 2. The number of hydrogen-bond acceptors (Lipinski definition) is 4. The van der Waals surface area contributed by atoms with E-state index in [2.05, 4.69) is 34.2 Å². The molecule has 0 bridgehead atoms. The molecular weight excluding hydrogens is 444 g/mol. The molecule has 0 aliphatic rings. The minimum atomic E-state index is -0.129. The Morgan fingerprint density at radius 3 is 1.82 bits per heavy atom. The molecule has 0 saturated heterocycles. The second-order valence-electron chi connectivity index (χ2n) is 8.09. The molecule has 4 rings (SSSR count). The van der Waals surface area contributed by atoms with Crippen LogP contribution in [0.2, 0.25) is 5.15 Å². The summed E-state index contributed by atoms with van der Waals surface area (Å²) in [4.78, 5) is 11.3. The maximum Gasteiger partial charge on any atom is 0.264 e. The lowest BCUT2D eigenvalue weighted by Gasteiger charge is -2.07. The van der Waals surface area contributed by atoms with Gasteiger partial charge in [0.15, 0.2) is 5.15 Å². The first kappa shape index (κ1) is 25.3. The maximum absolute atomic E-state index is 11.3. The van der Waals surface area contributed by atoms with Gasteiger partial charge in [0.1, 0.15) is 0 Å². The van der Waals surface area contributed by atoms with Gasteiger partial charge in [-0.3, -0.25) is 4.79 Å². The first-order valence-electron chi connectivity index (χ1n) is 11.8. The minimum absolute atomic E-state index is 0.129. The van der Waals surface area contributed by atoms with Crippen molar-refractivity contribution in [2.24, 2.45) is 0 Å². The highest BCUT2D eigenvalue weighted by Crippen LogP contribution is 2.24. The van der Waals surface area contributed by atoms with E-state index in [0.29, 0.717) is 5.15 Å². The molecule has 0 aliphatic carbocycles. The van der Waals surface area contributed by atoms with E-state index in [-0.39, 0.29) is 5.56 Å². The third kappa shape index (κ3) is 7.35. The average molecular weight is 475 g/mol. The minimum Gasteiger partial charge on any atom is -0.268 e. The molecule has 2 aromatic heterocycles. The van der Waals surface area contributed by atoms with Crippen molar-refractivity contribution < 1.29 is 0 Å². The number of aromatic amines is 1. The molecule has 0 saturated carbocycles. The Bertz CT molecular complexity index is 1210. The molecule has 1 N–H and O–H groups in total. The van der Waals surface area contributed by atoms with Gasteiger partial charge in [0.2, 0.25) is 0 Å². The predicted molar refractivity (Wildman–Crippen MR) is 140 cm³/mol. The molecule has 0 spiro atoms. The van der Waals surface area contributed by atoms with Crippen molar-refractivity contribution in [2.45, 2.75) is 52.4 Å². The zero-order valence-corrected chi connectivity index (χ0v) is 20.6. The van der Waals surface area contributed by atoms with Crippen LogP contribution in [0, 0.1) is 0 Å². The first-order valence-corrected chi connectivity index (χ1v) is 12.2. The van der Waals surface area contributed by atoms with Crippen LogP contribution in [-0.4, -0.2) is 20.4 Å². The fourth-order valence-electron chi connectivity index (χ4n) is 3.65. The zero-order chi connectivity index (χ0) is 24.2. The van der Waals surface area contributed by atoms with Crippen LogP contribution >= 0.6 is 11.6 Å². The Morgan fingerprint density at radius 1 is 0.735 bits per heavy atom. The van der Waals surface area contributed by atoms with Gasteiger partial charge in [0.25, 0.3) is 5.56 Å². The number of rotatable bonds is 8.